The van der Waals surface area contributed by atoms with Gasteiger partial charge in [0.2, 0.25) is 10.0 Å². The second-order valence-corrected chi connectivity index (χ2v) is 8.30. The Bertz CT molecular complexity index is 950. The molecule has 10 heteroatoms. The molecule has 0 amide bonds. The predicted octanol–water partition coefficient (Wildman–Crippen LogP) is 1.73. The summed E-state index contributed by atoms with van der Waals surface area (Å²) in [6.07, 6.45) is 3.22. The first-order chi connectivity index (χ1) is 12.0. The Morgan fingerprint density at radius 1 is 1.24 bits per heavy atom. The number of rotatable bonds is 7. The monoisotopic (exact) mass is 378 g/mol. The third-order valence-electron chi connectivity index (χ3n) is 3.33. The molecule has 3 aromatic heterocycles. The molecule has 0 aliphatic carbocycles. The van der Waals surface area contributed by atoms with Crippen molar-refractivity contribution >= 4 is 27.2 Å². The molecule has 0 radical (unpaired) electrons. The van der Waals surface area contributed by atoms with E-state index in [-0.39, 0.29) is 6.54 Å². The maximum atomic E-state index is 12.0. The molecular formula is C15H18N6O2S2. The molecule has 3 aromatic rings. The van der Waals surface area contributed by atoms with Crippen molar-refractivity contribution < 1.29 is 8.42 Å². The number of aromatic nitrogens is 4. The van der Waals surface area contributed by atoms with Crippen molar-refractivity contribution in [3.05, 3.63) is 47.4 Å². The van der Waals surface area contributed by atoms with E-state index in [1.54, 1.807) is 34.6 Å². The number of nitrogens with zero attached hydrogens (tertiary/aromatic N) is 4. The van der Waals surface area contributed by atoms with E-state index in [1.165, 1.54) is 11.3 Å². The number of sulfonamides is 1. The van der Waals surface area contributed by atoms with Gasteiger partial charge in [0.1, 0.15) is 10.0 Å². The van der Waals surface area contributed by atoms with Gasteiger partial charge in [-0.05, 0) is 31.4 Å². The van der Waals surface area contributed by atoms with Crippen LogP contribution in [0.15, 0.2) is 40.2 Å². The molecule has 3 heterocycles. The van der Waals surface area contributed by atoms with E-state index in [4.69, 9.17) is 0 Å². The second-order valence-electron chi connectivity index (χ2n) is 5.36. The lowest BCUT2D eigenvalue weighted by atomic mass is 10.4. The average Bonchev–Trinajstić information content (AvgIpc) is 3.22. The van der Waals surface area contributed by atoms with Gasteiger partial charge in [0.15, 0.2) is 5.82 Å². The Hall–Kier alpha value is -2.30. The van der Waals surface area contributed by atoms with Crippen molar-refractivity contribution in [3.63, 3.8) is 0 Å². The molecule has 0 aliphatic heterocycles. The SMILES string of the molecule is Cc1cc(C)n(-c2cncc(NCCNS(=O)(=O)c3cccs3)n2)n1. The van der Waals surface area contributed by atoms with E-state index in [0.29, 0.717) is 22.4 Å². The van der Waals surface area contributed by atoms with Crippen LogP contribution in [0.5, 0.6) is 0 Å². The van der Waals surface area contributed by atoms with E-state index in [0.717, 1.165) is 11.4 Å². The van der Waals surface area contributed by atoms with Gasteiger partial charge in [0.25, 0.3) is 0 Å². The van der Waals surface area contributed by atoms with Gasteiger partial charge in [-0.15, -0.1) is 11.3 Å². The first-order valence-electron chi connectivity index (χ1n) is 7.58. The Morgan fingerprint density at radius 2 is 2.08 bits per heavy atom. The van der Waals surface area contributed by atoms with Crippen LogP contribution in [-0.2, 0) is 10.0 Å². The number of thiophene rings is 1. The molecule has 0 aliphatic rings. The fourth-order valence-corrected chi connectivity index (χ4v) is 4.34. The molecule has 3 rings (SSSR count). The summed E-state index contributed by atoms with van der Waals surface area (Å²) in [7, 11) is -3.45. The highest BCUT2D eigenvalue weighted by atomic mass is 32.2. The third kappa shape index (κ3) is 4.21. The summed E-state index contributed by atoms with van der Waals surface area (Å²) in [5.74, 6) is 1.16. The third-order valence-corrected chi connectivity index (χ3v) is 6.19. The zero-order valence-electron chi connectivity index (χ0n) is 13.8. The topological polar surface area (TPSA) is 102 Å². The zero-order chi connectivity index (χ0) is 17.9. The van der Waals surface area contributed by atoms with E-state index in [1.807, 2.05) is 19.9 Å². The Labute approximate surface area is 150 Å². The van der Waals surface area contributed by atoms with Crippen LogP contribution in [0.2, 0.25) is 0 Å². The smallest absolute Gasteiger partial charge is 0.250 e. The standard InChI is InChI=1S/C15H18N6O2S2/c1-11-8-12(2)21(20-11)14-10-16-9-13(19-14)17-5-6-18-25(22,23)15-4-3-7-24-15/h3-4,7-10,18H,5-6H2,1-2H3,(H,17,19). The van der Waals surface area contributed by atoms with Crippen LogP contribution in [0.1, 0.15) is 11.4 Å². The van der Waals surface area contributed by atoms with Gasteiger partial charge in [-0.2, -0.15) is 5.10 Å². The van der Waals surface area contributed by atoms with Crippen molar-refractivity contribution in [1.29, 1.82) is 0 Å². The minimum Gasteiger partial charge on any atom is -0.367 e. The zero-order valence-corrected chi connectivity index (χ0v) is 15.4. The summed E-state index contributed by atoms with van der Waals surface area (Å²) in [6, 6.07) is 5.24. The Morgan fingerprint density at radius 3 is 2.76 bits per heavy atom. The summed E-state index contributed by atoms with van der Waals surface area (Å²) < 4.78 is 28.6. The minimum absolute atomic E-state index is 0.242. The fraction of sp³-hybridized carbons (Fsp3) is 0.267. The van der Waals surface area contributed by atoms with Crippen LogP contribution in [0.3, 0.4) is 0 Å². The van der Waals surface area contributed by atoms with Gasteiger partial charge in [0, 0.05) is 18.8 Å². The molecule has 0 bridgehead atoms. The van der Waals surface area contributed by atoms with Gasteiger partial charge in [0.05, 0.1) is 18.1 Å². The summed E-state index contributed by atoms with van der Waals surface area (Å²) >= 11 is 1.18. The lowest BCUT2D eigenvalue weighted by Crippen LogP contribution is -2.28. The highest BCUT2D eigenvalue weighted by Gasteiger charge is 2.13. The molecule has 25 heavy (non-hydrogen) atoms. The van der Waals surface area contributed by atoms with Crippen LogP contribution in [-0.4, -0.2) is 41.3 Å². The lowest BCUT2D eigenvalue weighted by molar-refractivity contribution is 0.585. The molecule has 0 fully saturated rings. The Kier molecular flexibility index (Phi) is 5.11. The molecule has 0 spiro atoms. The number of anilines is 1. The number of nitrogens with one attached hydrogen (secondary N) is 2. The molecular weight excluding hydrogens is 360 g/mol. The van der Waals surface area contributed by atoms with Crippen LogP contribution in [0.25, 0.3) is 5.82 Å². The molecule has 0 saturated heterocycles. The van der Waals surface area contributed by atoms with Gasteiger partial charge in [-0.25, -0.2) is 22.8 Å². The maximum Gasteiger partial charge on any atom is 0.250 e. The van der Waals surface area contributed by atoms with Gasteiger partial charge in [-0.1, -0.05) is 6.07 Å². The van der Waals surface area contributed by atoms with Crippen LogP contribution >= 0.6 is 11.3 Å². The second kappa shape index (κ2) is 7.30. The van der Waals surface area contributed by atoms with E-state index in [2.05, 4.69) is 25.1 Å². The fourth-order valence-electron chi connectivity index (χ4n) is 2.27. The highest BCUT2D eigenvalue weighted by molar-refractivity contribution is 7.91. The summed E-state index contributed by atoms with van der Waals surface area (Å²) in [6.45, 7) is 4.49. The van der Waals surface area contributed by atoms with Crippen LogP contribution < -0.4 is 10.0 Å². The molecule has 2 N–H and O–H groups in total. The highest BCUT2D eigenvalue weighted by Crippen LogP contribution is 2.15. The summed E-state index contributed by atoms with van der Waals surface area (Å²) in [4.78, 5) is 8.61. The quantitative estimate of drug-likeness (QED) is 0.607. The molecule has 0 saturated carbocycles. The van der Waals surface area contributed by atoms with Crippen LogP contribution in [0, 0.1) is 13.8 Å². The Balaban J connectivity index is 1.59. The molecule has 0 atom stereocenters. The van der Waals surface area contributed by atoms with E-state index in [9.17, 15) is 8.42 Å². The van der Waals surface area contributed by atoms with Crippen molar-refractivity contribution in [1.82, 2.24) is 24.5 Å². The minimum atomic E-state index is -3.45. The number of hydrogen-bond acceptors (Lipinski definition) is 7. The van der Waals surface area contributed by atoms with Gasteiger partial charge >= 0.3 is 0 Å². The average molecular weight is 378 g/mol. The molecule has 8 nitrogen and oxygen atoms in total. The molecule has 0 unspecified atom stereocenters. The van der Waals surface area contributed by atoms with Crippen molar-refractivity contribution in [2.75, 3.05) is 18.4 Å². The molecule has 0 aromatic carbocycles. The van der Waals surface area contributed by atoms with Crippen LogP contribution in [0.4, 0.5) is 5.82 Å². The first kappa shape index (κ1) is 17.5. The lowest BCUT2D eigenvalue weighted by Gasteiger charge is -2.09. The molecule has 132 valence electrons. The van der Waals surface area contributed by atoms with Gasteiger partial charge < -0.3 is 5.32 Å². The largest absolute Gasteiger partial charge is 0.367 e. The summed E-state index contributed by atoms with van der Waals surface area (Å²) in [5.41, 5.74) is 1.87. The number of aryl methyl sites for hydroxylation is 2. The van der Waals surface area contributed by atoms with Crippen molar-refractivity contribution in [3.8, 4) is 5.82 Å². The summed E-state index contributed by atoms with van der Waals surface area (Å²) in [5, 5.41) is 9.16. The maximum absolute atomic E-state index is 12.0. The first-order valence-corrected chi connectivity index (χ1v) is 9.95. The van der Waals surface area contributed by atoms with E-state index < -0.39 is 10.0 Å². The normalized spacial score (nSPS) is 11.6. The van der Waals surface area contributed by atoms with Crippen molar-refractivity contribution in [2.45, 2.75) is 18.1 Å². The number of hydrogen-bond donors (Lipinski definition) is 2. The van der Waals surface area contributed by atoms with E-state index >= 15 is 0 Å². The van der Waals surface area contributed by atoms with Gasteiger partial charge in [-0.3, -0.25) is 4.98 Å². The predicted molar refractivity (Wildman–Crippen MR) is 96.6 cm³/mol. The van der Waals surface area contributed by atoms with Crippen molar-refractivity contribution in [2.24, 2.45) is 0 Å².